The van der Waals surface area contributed by atoms with E-state index in [0.717, 1.165) is 15.7 Å². The first-order chi connectivity index (χ1) is 7.49. The second kappa shape index (κ2) is 4.35. The minimum absolute atomic E-state index is 0.0758. The molecule has 0 saturated carbocycles. The Morgan fingerprint density at radius 2 is 2.25 bits per heavy atom. The molecule has 86 valence electrons. The van der Waals surface area contributed by atoms with E-state index in [2.05, 4.69) is 15.9 Å². The highest BCUT2D eigenvalue weighted by molar-refractivity contribution is 9.10. The summed E-state index contributed by atoms with van der Waals surface area (Å²) in [6.07, 6.45) is -0.405. The van der Waals surface area contributed by atoms with E-state index in [4.69, 9.17) is 11.6 Å². The monoisotopic (exact) mass is 303 g/mol. The molecule has 1 aromatic carbocycles. The maximum atomic E-state index is 11.6. The zero-order valence-corrected chi connectivity index (χ0v) is 11.0. The molecule has 1 aliphatic rings. The number of halogens is 2. The molecule has 1 unspecified atom stereocenters. The van der Waals surface area contributed by atoms with Gasteiger partial charge in [0.1, 0.15) is 0 Å². The summed E-state index contributed by atoms with van der Waals surface area (Å²) in [5.41, 5.74) is 1.67. The third-order valence-corrected chi connectivity index (χ3v) is 3.67. The van der Waals surface area contributed by atoms with Gasteiger partial charge in [-0.25, -0.2) is 0 Å². The summed E-state index contributed by atoms with van der Waals surface area (Å²) in [6, 6.07) is 3.62. The molecule has 1 atom stereocenters. The zero-order valence-electron chi connectivity index (χ0n) is 8.70. The number of aliphatic hydroxyl groups is 1. The van der Waals surface area contributed by atoms with Crippen LogP contribution in [-0.4, -0.2) is 23.7 Å². The molecule has 1 aliphatic heterocycles. The Bertz CT molecular complexity index is 450. The van der Waals surface area contributed by atoms with Crippen LogP contribution in [-0.2, 0) is 4.79 Å². The van der Waals surface area contributed by atoms with Crippen LogP contribution in [0.15, 0.2) is 16.6 Å². The number of amides is 1. The standard InChI is InChI=1S/C11H11BrClNO2/c1-6-2-8(12)10(4-9(6)13)14-5-7(15)3-11(14)16/h2,4,7,15H,3,5H2,1H3. The molecule has 0 aromatic heterocycles. The Balaban J connectivity index is 2.41. The number of β-amino-alcohol motifs (C(OH)–C–C–N with tert-alkyl or cyclic N) is 1. The van der Waals surface area contributed by atoms with Crippen LogP contribution in [0.3, 0.4) is 0 Å². The van der Waals surface area contributed by atoms with Crippen LogP contribution in [0.4, 0.5) is 5.69 Å². The maximum Gasteiger partial charge on any atom is 0.229 e. The molecule has 1 aromatic rings. The van der Waals surface area contributed by atoms with Crippen molar-refractivity contribution < 1.29 is 9.90 Å². The van der Waals surface area contributed by atoms with Crippen LogP contribution in [0.1, 0.15) is 12.0 Å². The lowest BCUT2D eigenvalue weighted by Gasteiger charge is -2.18. The lowest BCUT2D eigenvalue weighted by atomic mass is 10.2. The quantitative estimate of drug-likeness (QED) is 0.866. The molecule has 1 amide bonds. The second-order valence-corrected chi connectivity index (χ2v) is 5.18. The predicted molar refractivity (Wildman–Crippen MR) is 66.9 cm³/mol. The van der Waals surface area contributed by atoms with Gasteiger partial charge in [-0.2, -0.15) is 0 Å². The molecule has 0 spiro atoms. The summed E-state index contributed by atoms with van der Waals surface area (Å²) < 4.78 is 0.817. The predicted octanol–water partition coefficient (Wildman–Crippen LogP) is 2.51. The molecule has 1 heterocycles. The lowest BCUT2D eigenvalue weighted by molar-refractivity contribution is -0.117. The van der Waals surface area contributed by atoms with Crippen LogP contribution >= 0.6 is 27.5 Å². The molecule has 0 bridgehead atoms. The Morgan fingerprint density at radius 3 is 2.81 bits per heavy atom. The molecular formula is C11H11BrClNO2. The fraction of sp³-hybridized carbons (Fsp3) is 0.364. The van der Waals surface area contributed by atoms with Crippen LogP contribution in [0, 0.1) is 6.92 Å². The van der Waals surface area contributed by atoms with Crippen LogP contribution < -0.4 is 4.90 Å². The fourth-order valence-electron chi connectivity index (χ4n) is 1.76. The van der Waals surface area contributed by atoms with Gasteiger partial charge >= 0.3 is 0 Å². The van der Waals surface area contributed by atoms with Crippen molar-refractivity contribution in [1.82, 2.24) is 0 Å². The van der Waals surface area contributed by atoms with E-state index < -0.39 is 6.10 Å². The van der Waals surface area contributed by atoms with Gasteiger partial charge in [0.2, 0.25) is 5.91 Å². The van der Waals surface area contributed by atoms with Gasteiger partial charge in [0.15, 0.2) is 0 Å². The Hall–Kier alpha value is -0.580. The van der Waals surface area contributed by atoms with Gasteiger partial charge in [0.05, 0.1) is 24.8 Å². The molecule has 1 fully saturated rings. The Morgan fingerprint density at radius 1 is 1.56 bits per heavy atom. The number of rotatable bonds is 1. The van der Waals surface area contributed by atoms with Gasteiger partial charge in [-0.05, 0) is 40.5 Å². The number of carbonyl (C=O) groups is 1. The average Bonchev–Trinajstić information content (AvgIpc) is 2.51. The SMILES string of the molecule is Cc1cc(Br)c(N2CC(O)CC2=O)cc1Cl. The summed E-state index contributed by atoms with van der Waals surface area (Å²) in [5, 5.41) is 10.1. The number of carbonyl (C=O) groups excluding carboxylic acids is 1. The molecule has 2 rings (SSSR count). The largest absolute Gasteiger partial charge is 0.391 e. The van der Waals surface area contributed by atoms with Gasteiger partial charge in [-0.3, -0.25) is 4.79 Å². The van der Waals surface area contributed by atoms with Crippen LogP contribution in [0.2, 0.25) is 5.02 Å². The molecule has 0 radical (unpaired) electrons. The third kappa shape index (κ3) is 2.10. The van der Waals surface area contributed by atoms with Crippen molar-refractivity contribution in [3.63, 3.8) is 0 Å². The van der Waals surface area contributed by atoms with Gasteiger partial charge in [-0.1, -0.05) is 11.6 Å². The summed E-state index contributed by atoms with van der Waals surface area (Å²) >= 11 is 9.43. The minimum atomic E-state index is -0.584. The van der Waals surface area contributed by atoms with Crippen molar-refractivity contribution in [2.75, 3.05) is 11.4 Å². The van der Waals surface area contributed by atoms with Crippen molar-refractivity contribution in [2.24, 2.45) is 0 Å². The first-order valence-corrected chi connectivity index (χ1v) is 6.10. The number of hydrogen-bond donors (Lipinski definition) is 1. The number of aryl methyl sites for hydroxylation is 1. The zero-order chi connectivity index (χ0) is 11.9. The van der Waals surface area contributed by atoms with Crippen molar-refractivity contribution in [2.45, 2.75) is 19.4 Å². The second-order valence-electron chi connectivity index (χ2n) is 3.92. The first kappa shape index (κ1) is 11.9. The van der Waals surface area contributed by atoms with Crippen molar-refractivity contribution in [1.29, 1.82) is 0 Å². The first-order valence-electron chi connectivity index (χ1n) is 4.93. The van der Waals surface area contributed by atoms with Crippen molar-refractivity contribution in [3.05, 3.63) is 27.2 Å². The van der Waals surface area contributed by atoms with Gasteiger partial charge in [0.25, 0.3) is 0 Å². The smallest absolute Gasteiger partial charge is 0.229 e. The Kier molecular flexibility index (Phi) is 3.24. The van der Waals surface area contributed by atoms with Gasteiger partial charge in [-0.15, -0.1) is 0 Å². The van der Waals surface area contributed by atoms with E-state index in [9.17, 15) is 9.90 Å². The lowest BCUT2D eigenvalue weighted by Crippen LogP contribution is -2.25. The summed E-state index contributed by atoms with van der Waals surface area (Å²) in [7, 11) is 0. The summed E-state index contributed by atoms with van der Waals surface area (Å²) in [4.78, 5) is 13.2. The normalized spacial score (nSPS) is 20.6. The van der Waals surface area contributed by atoms with Gasteiger partial charge < -0.3 is 10.0 Å². The molecule has 16 heavy (non-hydrogen) atoms. The topological polar surface area (TPSA) is 40.5 Å². The molecule has 1 N–H and O–H groups in total. The molecule has 3 nitrogen and oxygen atoms in total. The highest BCUT2D eigenvalue weighted by atomic mass is 79.9. The minimum Gasteiger partial charge on any atom is -0.391 e. The molecular weight excluding hydrogens is 293 g/mol. The summed E-state index contributed by atoms with van der Waals surface area (Å²) in [6.45, 7) is 2.23. The van der Waals surface area contributed by atoms with E-state index in [1.165, 1.54) is 0 Å². The van der Waals surface area contributed by atoms with Crippen molar-refractivity contribution >= 4 is 39.1 Å². The molecule has 1 saturated heterocycles. The van der Waals surface area contributed by atoms with Crippen molar-refractivity contribution in [3.8, 4) is 0 Å². The number of hydrogen-bond acceptors (Lipinski definition) is 2. The average molecular weight is 305 g/mol. The fourth-order valence-corrected chi connectivity index (χ4v) is 2.59. The number of aliphatic hydroxyl groups excluding tert-OH is 1. The highest BCUT2D eigenvalue weighted by Gasteiger charge is 2.30. The third-order valence-electron chi connectivity index (χ3n) is 2.62. The van der Waals surface area contributed by atoms with Gasteiger partial charge in [0, 0.05) is 9.50 Å². The number of nitrogens with zero attached hydrogens (tertiary/aromatic N) is 1. The van der Waals surface area contributed by atoms with E-state index in [0.29, 0.717) is 11.6 Å². The van der Waals surface area contributed by atoms with E-state index >= 15 is 0 Å². The van der Waals surface area contributed by atoms with Crippen LogP contribution in [0.25, 0.3) is 0 Å². The van der Waals surface area contributed by atoms with E-state index in [1.807, 2.05) is 13.0 Å². The van der Waals surface area contributed by atoms with Crippen LogP contribution in [0.5, 0.6) is 0 Å². The molecule has 0 aliphatic carbocycles. The van der Waals surface area contributed by atoms with E-state index in [1.54, 1.807) is 11.0 Å². The Labute approximate surface area is 107 Å². The maximum absolute atomic E-state index is 11.6. The molecule has 5 heteroatoms. The highest BCUT2D eigenvalue weighted by Crippen LogP contribution is 2.34. The number of benzene rings is 1. The number of anilines is 1. The van der Waals surface area contributed by atoms with E-state index in [-0.39, 0.29) is 12.3 Å². The summed E-state index contributed by atoms with van der Waals surface area (Å²) in [5.74, 6) is -0.0758.